The molecule has 0 amide bonds. The third-order valence-corrected chi connectivity index (χ3v) is 3.55. The molecule has 1 aliphatic carbocycles. The minimum absolute atomic E-state index is 0.231. The van der Waals surface area contributed by atoms with Crippen LogP contribution in [0.2, 0.25) is 0 Å². The second-order valence-electron chi connectivity index (χ2n) is 5.01. The monoisotopic (exact) mass is 263 g/mol. The van der Waals surface area contributed by atoms with E-state index in [0.29, 0.717) is 6.42 Å². The Labute approximate surface area is 119 Å². The first-order chi connectivity index (χ1) is 9.83. The van der Waals surface area contributed by atoms with Crippen molar-refractivity contribution in [2.24, 2.45) is 0 Å². The molecule has 100 valence electrons. The van der Waals surface area contributed by atoms with Gasteiger partial charge in [-0.15, -0.1) is 0 Å². The Balaban J connectivity index is 1.92. The van der Waals surface area contributed by atoms with Gasteiger partial charge in [-0.2, -0.15) is 0 Å². The van der Waals surface area contributed by atoms with E-state index in [2.05, 4.69) is 29.2 Å². The molecule has 0 bridgehead atoms. The van der Waals surface area contributed by atoms with Crippen molar-refractivity contribution in [1.29, 1.82) is 0 Å². The normalized spacial score (nSPS) is 14.2. The molecule has 0 heterocycles. The molecular formula is C18H17NO. The number of para-hydroxylation sites is 1. The van der Waals surface area contributed by atoms with Crippen LogP contribution < -0.4 is 4.90 Å². The van der Waals surface area contributed by atoms with Crippen LogP contribution in [0.25, 0.3) is 0 Å². The van der Waals surface area contributed by atoms with Gasteiger partial charge >= 0.3 is 0 Å². The van der Waals surface area contributed by atoms with E-state index in [1.807, 2.05) is 36.4 Å². The largest absolute Gasteiger partial charge is 0.341 e. The lowest BCUT2D eigenvalue weighted by molar-refractivity contribution is -0.114. The molecule has 20 heavy (non-hydrogen) atoms. The van der Waals surface area contributed by atoms with Gasteiger partial charge in [0, 0.05) is 30.4 Å². The van der Waals surface area contributed by atoms with Crippen molar-refractivity contribution in [3.63, 3.8) is 0 Å². The molecule has 2 heteroatoms. The van der Waals surface area contributed by atoms with Crippen molar-refractivity contribution < 1.29 is 4.79 Å². The zero-order chi connectivity index (χ0) is 13.8. The summed E-state index contributed by atoms with van der Waals surface area (Å²) in [6.45, 7) is 0.796. The molecule has 0 spiro atoms. The van der Waals surface area contributed by atoms with Gasteiger partial charge in [-0.25, -0.2) is 0 Å². The van der Waals surface area contributed by atoms with Crippen molar-refractivity contribution in [2.45, 2.75) is 19.4 Å². The Morgan fingerprint density at radius 2 is 1.50 bits per heavy atom. The number of carbonyl (C=O) groups is 1. The summed E-state index contributed by atoms with van der Waals surface area (Å²) in [5.74, 6) is 0.231. The number of rotatable bonds is 4. The molecular weight excluding hydrogens is 246 g/mol. The molecule has 2 nitrogen and oxygen atoms in total. The van der Waals surface area contributed by atoms with E-state index in [1.54, 1.807) is 6.08 Å². The highest BCUT2D eigenvalue weighted by Gasteiger charge is 2.19. The van der Waals surface area contributed by atoms with Crippen LogP contribution in [0.15, 0.2) is 72.4 Å². The zero-order valence-electron chi connectivity index (χ0n) is 11.3. The second kappa shape index (κ2) is 5.74. The van der Waals surface area contributed by atoms with E-state index >= 15 is 0 Å². The minimum atomic E-state index is 0.231. The summed E-state index contributed by atoms with van der Waals surface area (Å²) in [6, 6.07) is 20.6. The molecule has 0 fully saturated rings. The fourth-order valence-corrected chi connectivity index (χ4v) is 2.53. The summed E-state index contributed by atoms with van der Waals surface area (Å²) < 4.78 is 0. The van der Waals surface area contributed by atoms with Crippen molar-refractivity contribution in [2.75, 3.05) is 4.90 Å². The van der Waals surface area contributed by atoms with Gasteiger partial charge in [0.2, 0.25) is 0 Å². The SMILES string of the molecule is O=C1C=C(N(Cc2ccccc2)c2ccccc2)CC1. The molecule has 2 aromatic carbocycles. The van der Waals surface area contributed by atoms with Crippen molar-refractivity contribution in [1.82, 2.24) is 0 Å². The van der Waals surface area contributed by atoms with E-state index in [4.69, 9.17) is 0 Å². The molecule has 2 aromatic rings. The lowest BCUT2D eigenvalue weighted by atomic mass is 10.1. The maximum atomic E-state index is 11.5. The Morgan fingerprint density at radius 3 is 2.10 bits per heavy atom. The minimum Gasteiger partial charge on any atom is -0.341 e. The molecule has 0 atom stereocenters. The number of hydrogen-bond acceptors (Lipinski definition) is 2. The summed E-state index contributed by atoms with van der Waals surface area (Å²) in [4.78, 5) is 13.8. The molecule has 0 saturated carbocycles. The molecule has 0 saturated heterocycles. The molecule has 0 aliphatic heterocycles. The molecule has 0 N–H and O–H groups in total. The van der Waals surface area contributed by atoms with Gasteiger partial charge in [-0.1, -0.05) is 48.5 Å². The van der Waals surface area contributed by atoms with E-state index in [9.17, 15) is 4.79 Å². The number of allylic oxidation sites excluding steroid dienone is 2. The standard InChI is InChI=1S/C18H17NO/c20-18-12-11-17(13-18)19(16-9-5-2-6-10-16)14-15-7-3-1-4-8-15/h1-10,13H,11-12,14H2. The van der Waals surface area contributed by atoms with Gasteiger partial charge < -0.3 is 4.90 Å². The van der Waals surface area contributed by atoms with E-state index < -0.39 is 0 Å². The quantitative estimate of drug-likeness (QED) is 0.832. The van der Waals surface area contributed by atoms with Crippen molar-refractivity contribution in [3.05, 3.63) is 78.0 Å². The third kappa shape index (κ3) is 2.80. The summed E-state index contributed by atoms with van der Waals surface area (Å²) in [7, 11) is 0. The number of ketones is 1. The predicted molar refractivity (Wildman–Crippen MR) is 81.4 cm³/mol. The fraction of sp³-hybridized carbons (Fsp3) is 0.167. The highest BCUT2D eigenvalue weighted by Crippen LogP contribution is 2.27. The number of hydrogen-bond donors (Lipinski definition) is 0. The summed E-state index contributed by atoms with van der Waals surface area (Å²) >= 11 is 0. The molecule has 0 unspecified atom stereocenters. The van der Waals surface area contributed by atoms with Gasteiger partial charge in [-0.3, -0.25) is 4.79 Å². The van der Waals surface area contributed by atoms with Gasteiger partial charge in [-0.05, 0) is 24.1 Å². The van der Waals surface area contributed by atoms with Crippen LogP contribution in [-0.2, 0) is 11.3 Å². The van der Waals surface area contributed by atoms with Crippen molar-refractivity contribution >= 4 is 11.5 Å². The molecule has 0 aromatic heterocycles. The van der Waals surface area contributed by atoms with E-state index in [-0.39, 0.29) is 5.78 Å². The average Bonchev–Trinajstić information content (AvgIpc) is 2.93. The van der Waals surface area contributed by atoms with Crippen LogP contribution >= 0.6 is 0 Å². The Hall–Kier alpha value is -2.35. The van der Waals surface area contributed by atoms with Crippen LogP contribution in [0.5, 0.6) is 0 Å². The molecule has 0 radical (unpaired) electrons. The lowest BCUT2D eigenvalue weighted by Gasteiger charge is -2.26. The molecule has 1 aliphatic rings. The van der Waals surface area contributed by atoms with E-state index in [0.717, 1.165) is 24.4 Å². The summed E-state index contributed by atoms with van der Waals surface area (Å²) in [5.41, 5.74) is 3.50. The van der Waals surface area contributed by atoms with Gasteiger partial charge in [0.15, 0.2) is 5.78 Å². The fourth-order valence-electron chi connectivity index (χ4n) is 2.53. The first kappa shape index (κ1) is 12.7. The smallest absolute Gasteiger partial charge is 0.157 e. The number of benzene rings is 2. The number of nitrogens with zero attached hydrogens (tertiary/aromatic N) is 1. The highest BCUT2D eigenvalue weighted by atomic mass is 16.1. The number of carbonyl (C=O) groups excluding carboxylic acids is 1. The van der Waals surface area contributed by atoms with Gasteiger partial charge in [0.1, 0.15) is 0 Å². The second-order valence-corrected chi connectivity index (χ2v) is 5.01. The van der Waals surface area contributed by atoms with Crippen LogP contribution in [0.1, 0.15) is 18.4 Å². The molecule has 3 rings (SSSR count). The highest BCUT2D eigenvalue weighted by molar-refractivity contribution is 5.93. The maximum absolute atomic E-state index is 11.5. The first-order valence-electron chi connectivity index (χ1n) is 6.93. The predicted octanol–water partition coefficient (Wildman–Crippen LogP) is 3.94. The maximum Gasteiger partial charge on any atom is 0.157 e. The zero-order valence-corrected chi connectivity index (χ0v) is 11.3. The van der Waals surface area contributed by atoms with Crippen molar-refractivity contribution in [3.8, 4) is 0 Å². The van der Waals surface area contributed by atoms with Gasteiger partial charge in [0.25, 0.3) is 0 Å². The Morgan fingerprint density at radius 1 is 0.850 bits per heavy atom. The Bertz CT molecular complexity index is 616. The topological polar surface area (TPSA) is 20.3 Å². The van der Waals surface area contributed by atoms with Crippen LogP contribution in [-0.4, -0.2) is 5.78 Å². The number of anilines is 1. The van der Waals surface area contributed by atoms with Crippen LogP contribution in [0.3, 0.4) is 0 Å². The first-order valence-corrected chi connectivity index (χ1v) is 6.93. The average molecular weight is 263 g/mol. The van der Waals surface area contributed by atoms with E-state index in [1.165, 1.54) is 5.56 Å². The van der Waals surface area contributed by atoms with Gasteiger partial charge in [0.05, 0.1) is 0 Å². The third-order valence-electron chi connectivity index (χ3n) is 3.55. The van der Waals surface area contributed by atoms with Crippen LogP contribution in [0.4, 0.5) is 5.69 Å². The Kier molecular flexibility index (Phi) is 3.64. The summed E-state index contributed by atoms with van der Waals surface area (Å²) in [6.07, 6.45) is 3.25. The van der Waals surface area contributed by atoms with Crippen LogP contribution in [0, 0.1) is 0 Å². The lowest BCUT2D eigenvalue weighted by Crippen LogP contribution is -2.20. The summed E-state index contributed by atoms with van der Waals surface area (Å²) in [5, 5.41) is 0.